The Hall–Kier alpha value is -1.32. The summed E-state index contributed by atoms with van der Waals surface area (Å²) in [5.74, 6) is 1.52. The number of hydrogen-bond donors (Lipinski definition) is 1. The molecule has 1 N–H and O–H groups in total. The first-order chi connectivity index (χ1) is 7.15. The van der Waals surface area contributed by atoms with Crippen molar-refractivity contribution in [1.82, 2.24) is 9.97 Å². The van der Waals surface area contributed by atoms with Crippen LogP contribution in [0.5, 0.6) is 0 Å². The van der Waals surface area contributed by atoms with Crippen LogP contribution in [0.3, 0.4) is 0 Å². The first kappa shape index (κ1) is 10.2. The highest BCUT2D eigenvalue weighted by Gasteiger charge is 2.17. The van der Waals surface area contributed by atoms with E-state index in [0.717, 1.165) is 30.6 Å². The van der Waals surface area contributed by atoms with E-state index in [2.05, 4.69) is 21.8 Å². The van der Waals surface area contributed by atoms with Gasteiger partial charge in [-0.25, -0.2) is 4.98 Å². The fraction of sp³-hybridized carbons (Fsp3) is 0.636. The Morgan fingerprint density at radius 3 is 2.73 bits per heavy atom. The second kappa shape index (κ2) is 4.04. The Morgan fingerprint density at radius 2 is 2.13 bits per heavy atom. The lowest BCUT2D eigenvalue weighted by atomic mass is 10.00. The van der Waals surface area contributed by atoms with Crippen LogP contribution in [-0.4, -0.2) is 23.1 Å². The fourth-order valence-corrected chi connectivity index (χ4v) is 1.93. The third kappa shape index (κ3) is 2.37. The summed E-state index contributed by atoms with van der Waals surface area (Å²) in [6.45, 7) is 6.11. The molecule has 82 valence electrons. The molecule has 0 aliphatic carbocycles. The summed E-state index contributed by atoms with van der Waals surface area (Å²) in [6.07, 6.45) is 2.36. The molecular formula is C11H17N3O. The fourth-order valence-electron chi connectivity index (χ4n) is 1.93. The molecule has 0 atom stereocenters. The van der Waals surface area contributed by atoms with Gasteiger partial charge in [-0.05, 0) is 25.7 Å². The van der Waals surface area contributed by atoms with E-state index >= 15 is 0 Å². The second-order valence-electron chi connectivity index (χ2n) is 4.38. The maximum absolute atomic E-state index is 11.3. The van der Waals surface area contributed by atoms with E-state index in [9.17, 15) is 4.79 Å². The van der Waals surface area contributed by atoms with Gasteiger partial charge >= 0.3 is 0 Å². The zero-order valence-electron chi connectivity index (χ0n) is 9.29. The molecule has 0 amide bonds. The Kier molecular flexibility index (Phi) is 2.75. The molecule has 1 saturated heterocycles. The summed E-state index contributed by atoms with van der Waals surface area (Å²) < 4.78 is 0. The third-order valence-electron chi connectivity index (χ3n) is 2.94. The number of hydrogen-bond acceptors (Lipinski definition) is 3. The van der Waals surface area contributed by atoms with E-state index in [-0.39, 0.29) is 5.56 Å². The van der Waals surface area contributed by atoms with Crippen molar-refractivity contribution in [2.75, 3.05) is 18.0 Å². The summed E-state index contributed by atoms with van der Waals surface area (Å²) in [5.41, 5.74) is 0.725. The van der Waals surface area contributed by atoms with Gasteiger partial charge in [0.05, 0.1) is 0 Å². The number of nitrogens with one attached hydrogen (secondary N) is 1. The van der Waals surface area contributed by atoms with Crippen LogP contribution < -0.4 is 10.5 Å². The van der Waals surface area contributed by atoms with Crippen LogP contribution in [0.25, 0.3) is 0 Å². The minimum absolute atomic E-state index is 0.0591. The summed E-state index contributed by atoms with van der Waals surface area (Å²) in [7, 11) is 0. The van der Waals surface area contributed by atoms with Gasteiger partial charge in [-0.2, -0.15) is 0 Å². The van der Waals surface area contributed by atoms with Crippen LogP contribution in [0.4, 0.5) is 5.95 Å². The van der Waals surface area contributed by atoms with Gasteiger partial charge in [0.1, 0.15) is 0 Å². The molecule has 1 fully saturated rings. The highest BCUT2D eigenvalue weighted by molar-refractivity contribution is 5.30. The molecule has 0 unspecified atom stereocenters. The lowest BCUT2D eigenvalue weighted by Crippen LogP contribution is -2.35. The number of aromatic nitrogens is 2. The summed E-state index contributed by atoms with van der Waals surface area (Å²) >= 11 is 0. The Labute approximate surface area is 89.3 Å². The Bertz CT molecular complexity index is 391. The van der Waals surface area contributed by atoms with Gasteiger partial charge in [-0.3, -0.25) is 9.78 Å². The highest BCUT2D eigenvalue weighted by atomic mass is 16.1. The van der Waals surface area contributed by atoms with Crippen LogP contribution in [0.1, 0.15) is 25.5 Å². The molecule has 1 aliphatic heterocycles. The summed E-state index contributed by atoms with van der Waals surface area (Å²) in [5, 5.41) is 0. The van der Waals surface area contributed by atoms with Gasteiger partial charge in [0.2, 0.25) is 5.95 Å². The maximum atomic E-state index is 11.3. The van der Waals surface area contributed by atoms with E-state index in [0.29, 0.717) is 0 Å². The van der Waals surface area contributed by atoms with Crippen molar-refractivity contribution in [1.29, 1.82) is 0 Å². The lowest BCUT2D eigenvalue weighted by molar-refractivity contribution is 0.434. The molecule has 2 rings (SSSR count). The molecule has 4 nitrogen and oxygen atoms in total. The van der Waals surface area contributed by atoms with Crippen molar-refractivity contribution in [2.45, 2.75) is 26.7 Å². The molecule has 0 saturated carbocycles. The normalized spacial score (nSPS) is 18.1. The molecule has 0 spiro atoms. The van der Waals surface area contributed by atoms with Crippen LogP contribution in [0.15, 0.2) is 10.9 Å². The number of aromatic amines is 1. The van der Waals surface area contributed by atoms with Gasteiger partial charge in [0.25, 0.3) is 5.56 Å². The van der Waals surface area contributed by atoms with Crippen LogP contribution in [0, 0.1) is 12.8 Å². The molecular weight excluding hydrogens is 190 g/mol. The summed E-state index contributed by atoms with van der Waals surface area (Å²) in [4.78, 5) is 20.6. The second-order valence-corrected chi connectivity index (χ2v) is 4.38. The molecule has 2 heterocycles. The lowest BCUT2D eigenvalue weighted by Gasteiger charge is -2.30. The van der Waals surface area contributed by atoms with Crippen LogP contribution in [-0.2, 0) is 0 Å². The summed E-state index contributed by atoms with van der Waals surface area (Å²) in [6, 6.07) is 1.52. The van der Waals surface area contributed by atoms with Crippen molar-refractivity contribution in [3.63, 3.8) is 0 Å². The number of nitrogens with zero attached hydrogens (tertiary/aromatic N) is 2. The minimum atomic E-state index is -0.0591. The van der Waals surface area contributed by atoms with E-state index in [1.54, 1.807) is 0 Å². The molecule has 4 heteroatoms. The maximum Gasteiger partial charge on any atom is 0.252 e. The van der Waals surface area contributed by atoms with Crippen molar-refractivity contribution >= 4 is 5.95 Å². The first-order valence-corrected chi connectivity index (χ1v) is 5.48. The van der Waals surface area contributed by atoms with E-state index in [1.165, 1.54) is 18.9 Å². The van der Waals surface area contributed by atoms with E-state index < -0.39 is 0 Å². The average molecular weight is 207 g/mol. The zero-order chi connectivity index (χ0) is 10.8. The van der Waals surface area contributed by atoms with E-state index in [1.807, 2.05) is 6.92 Å². The quantitative estimate of drug-likeness (QED) is 0.755. The minimum Gasteiger partial charge on any atom is -0.342 e. The molecule has 1 aromatic heterocycles. The van der Waals surface area contributed by atoms with Crippen molar-refractivity contribution in [2.24, 2.45) is 5.92 Å². The zero-order valence-corrected chi connectivity index (χ0v) is 9.29. The van der Waals surface area contributed by atoms with Gasteiger partial charge in [0, 0.05) is 24.8 Å². The molecule has 0 bridgehead atoms. The standard InChI is InChI=1S/C11H17N3O/c1-8-3-5-14(6-4-8)11-12-9(2)7-10(15)13-11/h7-8H,3-6H2,1-2H3,(H,12,13,15). The van der Waals surface area contributed by atoms with Crippen molar-refractivity contribution in [3.8, 4) is 0 Å². The smallest absolute Gasteiger partial charge is 0.252 e. The number of anilines is 1. The van der Waals surface area contributed by atoms with Gasteiger partial charge in [0.15, 0.2) is 0 Å². The molecule has 15 heavy (non-hydrogen) atoms. The predicted molar refractivity (Wildman–Crippen MR) is 60.2 cm³/mol. The molecule has 0 aromatic carbocycles. The number of rotatable bonds is 1. The van der Waals surface area contributed by atoms with E-state index in [4.69, 9.17) is 0 Å². The van der Waals surface area contributed by atoms with Gasteiger partial charge in [-0.1, -0.05) is 6.92 Å². The van der Waals surface area contributed by atoms with Crippen LogP contribution in [0.2, 0.25) is 0 Å². The topological polar surface area (TPSA) is 49.0 Å². The SMILES string of the molecule is Cc1cc(=O)[nH]c(N2CCC(C)CC2)n1. The van der Waals surface area contributed by atoms with Gasteiger partial charge in [-0.15, -0.1) is 0 Å². The van der Waals surface area contributed by atoms with Crippen molar-refractivity contribution < 1.29 is 0 Å². The average Bonchev–Trinajstić information content (AvgIpc) is 2.17. The largest absolute Gasteiger partial charge is 0.342 e. The molecule has 1 aliphatic rings. The number of piperidine rings is 1. The Balaban J connectivity index is 2.19. The van der Waals surface area contributed by atoms with Gasteiger partial charge < -0.3 is 4.90 Å². The van der Waals surface area contributed by atoms with Crippen LogP contribution >= 0.6 is 0 Å². The predicted octanol–water partition coefficient (Wildman–Crippen LogP) is 1.31. The van der Waals surface area contributed by atoms with Crippen molar-refractivity contribution in [3.05, 3.63) is 22.1 Å². The molecule has 1 aromatic rings. The number of aryl methyl sites for hydroxylation is 1. The first-order valence-electron chi connectivity index (χ1n) is 5.48. The molecule has 0 radical (unpaired) electrons. The third-order valence-corrected chi connectivity index (χ3v) is 2.94. The highest BCUT2D eigenvalue weighted by Crippen LogP contribution is 2.19. The Morgan fingerprint density at radius 1 is 1.47 bits per heavy atom. The monoisotopic (exact) mass is 207 g/mol. The number of H-pyrrole nitrogens is 1.